The van der Waals surface area contributed by atoms with E-state index >= 15 is 0 Å². The molecule has 0 aliphatic rings. The standard InChI is InChI=1S/C6H17AsNO3P/c1-7(2,3)5-4-6-8-12(9,10)11/h4-6H2,1-3H3,(H2-,8,9,10,11)/p+1. The van der Waals surface area contributed by atoms with Crippen LogP contribution in [0.5, 0.6) is 0 Å². The zero-order chi connectivity index (χ0) is 9.83. The Hall–Kier alpha value is 0.668. The van der Waals surface area contributed by atoms with Crippen molar-refractivity contribution in [2.45, 2.75) is 28.8 Å². The summed E-state index contributed by atoms with van der Waals surface area (Å²) < 4.78 is 10.4. The Kier molecular flexibility index (Phi) is 5.05. The second kappa shape index (κ2) is 4.78. The van der Waals surface area contributed by atoms with Crippen LogP contribution in [0.3, 0.4) is 0 Å². The molecular formula is C6H18AsNO3P+. The first-order chi connectivity index (χ1) is 5.21. The molecule has 0 spiro atoms. The third-order valence-corrected chi connectivity index (χ3v) is 5.44. The molecule has 0 saturated carbocycles. The van der Waals surface area contributed by atoms with Crippen molar-refractivity contribution in [1.29, 1.82) is 0 Å². The van der Waals surface area contributed by atoms with Gasteiger partial charge in [-0.25, -0.2) is 0 Å². The minimum atomic E-state index is -3.98. The van der Waals surface area contributed by atoms with Crippen molar-refractivity contribution in [3.8, 4) is 0 Å². The Labute approximate surface area is 76.4 Å². The molecule has 0 saturated heterocycles. The van der Waals surface area contributed by atoms with E-state index in [1.807, 2.05) is 0 Å². The van der Waals surface area contributed by atoms with Gasteiger partial charge in [0.2, 0.25) is 0 Å². The van der Waals surface area contributed by atoms with Gasteiger partial charge >= 0.3 is 76.0 Å². The average molecular weight is 258 g/mol. The van der Waals surface area contributed by atoms with E-state index in [0.717, 1.165) is 11.6 Å². The van der Waals surface area contributed by atoms with Gasteiger partial charge < -0.3 is 0 Å². The van der Waals surface area contributed by atoms with Crippen LogP contribution in [-0.4, -0.2) is 29.9 Å². The summed E-state index contributed by atoms with van der Waals surface area (Å²) in [7, 11) is -3.98. The first-order valence-corrected chi connectivity index (χ1v) is 12.4. The molecule has 0 aliphatic heterocycles. The molecule has 3 N–H and O–H groups in total. The number of hydrogen-bond acceptors (Lipinski definition) is 1. The van der Waals surface area contributed by atoms with Crippen LogP contribution in [0.25, 0.3) is 0 Å². The Morgan fingerprint density at radius 3 is 2.17 bits per heavy atom. The van der Waals surface area contributed by atoms with E-state index in [1.165, 1.54) is 0 Å². The number of hydrogen-bond donors (Lipinski definition) is 3. The number of nitrogens with one attached hydrogen (secondary N) is 1. The first-order valence-electron chi connectivity index (χ1n) is 3.82. The summed E-state index contributed by atoms with van der Waals surface area (Å²) in [5.41, 5.74) is 6.82. The molecule has 0 rings (SSSR count). The van der Waals surface area contributed by atoms with E-state index in [0.29, 0.717) is 6.54 Å². The van der Waals surface area contributed by atoms with Gasteiger partial charge in [-0.15, -0.1) is 0 Å². The van der Waals surface area contributed by atoms with Gasteiger partial charge in [0.15, 0.2) is 0 Å². The van der Waals surface area contributed by atoms with E-state index in [-0.39, 0.29) is 0 Å². The summed E-state index contributed by atoms with van der Waals surface area (Å²) in [4.78, 5) is 16.9. The van der Waals surface area contributed by atoms with Gasteiger partial charge in [0, 0.05) is 0 Å². The van der Waals surface area contributed by atoms with Crippen LogP contribution in [0.4, 0.5) is 0 Å². The molecular weight excluding hydrogens is 240 g/mol. The van der Waals surface area contributed by atoms with Crippen LogP contribution >= 0.6 is 7.75 Å². The fourth-order valence-corrected chi connectivity index (χ4v) is 3.55. The van der Waals surface area contributed by atoms with Gasteiger partial charge in [-0.05, 0) is 0 Å². The Bertz CT molecular complexity index is 174. The summed E-state index contributed by atoms with van der Waals surface area (Å²) >= 11 is -1.35. The monoisotopic (exact) mass is 258 g/mol. The van der Waals surface area contributed by atoms with Gasteiger partial charge in [-0.2, -0.15) is 0 Å². The first kappa shape index (κ1) is 12.7. The van der Waals surface area contributed by atoms with Crippen molar-refractivity contribution in [1.82, 2.24) is 5.09 Å². The molecule has 6 heteroatoms. The van der Waals surface area contributed by atoms with Crippen LogP contribution in [0.1, 0.15) is 6.42 Å². The molecule has 0 aromatic carbocycles. The van der Waals surface area contributed by atoms with Crippen LogP contribution < -0.4 is 5.09 Å². The summed E-state index contributed by atoms with van der Waals surface area (Å²) in [6.07, 6.45) is 0.863. The summed E-state index contributed by atoms with van der Waals surface area (Å²) in [5.74, 6) is 0. The fraction of sp³-hybridized carbons (Fsp3) is 1.00. The van der Waals surface area contributed by atoms with Crippen molar-refractivity contribution < 1.29 is 14.4 Å². The predicted octanol–water partition coefficient (Wildman–Crippen LogP) is 1.40. The SMILES string of the molecule is C[As+](C)(C)CCCNP(=O)(O)O. The molecule has 0 bridgehead atoms. The second-order valence-electron chi connectivity index (χ2n) is 3.82. The molecule has 0 heterocycles. The zero-order valence-electron chi connectivity index (χ0n) is 7.82. The topological polar surface area (TPSA) is 69.6 Å². The quantitative estimate of drug-likeness (QED) is 0.396. The van der Waals surface area contributed by atoms with Crippen LogP contribution in [0.15, 0.2) is 0 Å². The van der Waals surface area contributed by atoms with Crippen molar-refractivity contribution >= 4 is 21.3 Å². The van der Waals surface area contributed by atoms with Crippen LogP contribution in [-0.2, 0) is 4.57 Å². The van der Waals surface area contributed by atoms with E-state index < -0.39 is 21.3 Å². The third kappa shape index (κ3) is 10.7. The number of rotatable bonds is 5. The van der Waals surface area contributed by atoms with Gasteiger partial charge in [0.1, 0.15) is 0 Å². The van der Waals surface area contributed by atoms with E-state index in [2.05, 4.69) is 22.2 Å². The normalized spacial score (nSPS) is 13.4. The summed E-state index contributed by atoms with van der Waals surface area (Å²) in [5, 5.41) is 3.32. The Morgan fingerprint density at radius 2 is 1.83 bits per heavy atom. The van der Waals surface area contributed by atoms with Crippen molar-refractivity contribution in [2.75, 3.05) is 6.54 Å². The Morgan fingerprint density at radius 1 is 1.33 bits per heavy atom. The second-order valence-corrected chi connectivity index (χ2v) is 15.8. The third-order valence-electron chi connectivity index (χ3n) is 1.32. The van der Waals surface area contributed by atoms with Crippen molar-refractivity contribution in [2.24, 2.45) is 0 Å². The van der Waals surface area contributed by atoms with Crippen molar-refractivity contribution in [3.63, 3.8) is 0 Å². The van der Waals surface area contributed by atoms with Crippen molar-refractivity contribution in [3.05, 3.63) is 0 Å². The summed E-state index contributed by atoms with van der Waals surface area (Å²) in [6.45, 7) is 0.420. The predicted molar refractivity (Wildman–Crippen MR) is 52.8 cm³/mol. The molecule has 0 aromatic rings. The summed E-state index contributed by atoms with van der Waals surface area (Å²) in [6, 6.07) is 0. The molecule has 0 radical (unpaired) electrons. The molecule has 12 heavy (non-hydrogen) atoms. The van der Waals surface area contributed by atoms with Gasteiger partial charge in [-0.3, -0.25) is 0 Å². The van der Waals surface area contributed by atoms with Gasteiger partial charge in [0.25, 0.3) is 0 Å². The van der Waals surface area contributed by atoms with Crippen LogP contribution in [0, 0.1) is 0 Å². The Balaban J connectivity index is 3.41. The molecule has 0 unspecified atom stereocenters. The molecule has 0 fully saturated rings. The molecule has 74 valence electrons. The molecule has 0 aromatic heterocycles. The molecule has 0 aliphatic carbocycles. The molecule has 4 nitrogen and oxygen atoms in total. The fourth-order valence-electron chi connectivity index (χ4n) is 0.778. The van der Waals surface area contributed by atoms with E-state index in [9.17, 15) is 4.57 Å². The minimum absolute atomic E-state index is 0.420. The zero-order valence-corrected chi connectivity index (χ0v) is 10.6. The molecule has 0 amide bonds. The maximum absolute atomic E-state index is 10.4. The molecule has 0 atom stereocenters. The van der Waals surface area contributed by atoms with Crippen LogP contribution in [0.2, 0.25) is 22.3 Å². The van der Waals surface area contributed by atoms with E-state index in [1.54, 1.807) is 0 Å². The van der Waals surface area contributed by atoms with Gasteiger partial charge in [0.05, 0.1) is 0 Å². The van der Waals surface area contributed by atoms with Gasteiger partial charge in [-0.1, -0.05) is 0 Å². The maximum atomic E-state index is 10.4. The van der Waals surface area contributed by atoms with E-state index in [4.69, 9.17) is 9.79 Å². The average Bonchev–Trinajstić information content (AvgIpc) is 1.76.